The van der Waals surface area contributed by atoms with E-state index in [0.29, 0.717) is 19.6 Å². The van der Waals surface area contributed by atoms with Crippen LogP contribution in [0.25, 0.3) is 0 Å². The van der Waals surface area contributed by atoms with Gasteiger partial charge in [-0.15, -0.1) is 0 Å². The summed E-state index contributed by atoms with van der Waals surface area (Å²) < 4.78 is 28.2. The fourth-order valence-electron chi connectivity index (χ4n) is 2.44. The quantitative estimate of drug-likeness (QED) is 0.790. The third kappa shape index (κ3) is 3.44. The second-order valence-electron chi connectivity index (χ2n) is 5.02. The molecule has 0 aromatic heterocycles. The maximum Gasteiger partial charge on any atom is 0.282 e. The number of rotatable bonds is 6. The summed E-state index contributed by atoms with van der Waals surface area (Å²) in [5.74, 6) is 0.0872. The van der Waals surface area contributed by atoms with E-state index in [1.54, 1.807) is 4.31 Å². The van der Waals surface area contributed by atoms with Crippen LogP contribution in [0.4, 0.5) is 0 Å². The molecular formula is C12H26N2O3S. The van der Waals surface area contributed by atoms with E-state index >= 15 is 0 Å². The van der Waals surface area contributed by atoms with E-state index in [0.717, 1.165) is 19.3 Å². The van der Waals surface area contributed by atoms with E-state index in [9.17, 15) is 13.5 Å². The third-order valence-electron chi connectivity index (χ3n) is 3.76. The average molecular weight is 278 g/mol. The lowest BCUT2D eigenvalue weighted by Gasteiger charge is -2.36. The molecule has 0 aromatic rings. The zero-order valence-electron chi connectivity index (χ0n) is 11.7. The Balaban J connectivity index is 2.83. The molecule has 0 aliphatic carbocycles. The molecule has 0 spiro atoms. The van der Waals surface area contributed by atoms with Crippen molar-refractivity contribution in [1.82, 2.24) is 8.61 Å². The maximum atomic E-state index is 12.5. The van der Waals surface area contributed by atoms with Gasteiger partial charge in [-0.2, -0.15) is 17.0 Å². The Morgan fingerprint density at radius 2 is 2.11 bits per heavy atom. The highest BCUT2D eigenvalue weighted by atomic mass is 32.2. The Hall–Kier alpha value is -0.170. The van der Waals surface area contributed by atoms with Gasteiger partial charge in [0, 0.05) is 32.3 Å². The summed E-state index contributed by atoms with van der Waals surface area (Å²) in [6.07, 6.45) is 2.56. The predicted octanol–water partition coefficient (Wildman–Crippen LogP) is 1.06. The topological polar surface area (TPSA) is 60.9 Å². The van der Waals surface area contributed by atoms with Crippen LogP contribution in [0.1, 0.15) is 40.0 Å². The zero-order valence-corrected chi connectivity index (χ0v) is 12.5. The highest BCUT2D eigenvalue weighted by molar-refractivity contribution is 7.86. The van der Waals surface area contributed by atoms with Crippen molar-refractivity contribution in [2.75, 3.05) is 26.2 Å². The molecule has 1 heterocycles. The van der Waals surface area contributed by atoms with Gasteiger partial charge in [0.05, 0.1) is 0 Å². The highest BCUT2D eigenvalue weighted by Gasteiger charge is 2.34. The summed E-state index contributed by atoms with van der Waals surface area (Å²) in [5, 5.41) is 9.19. The molecule has 1 N–H and O–H groups in total. The first-order valence-corrected chi connectivity index (χ1v) is 8.24. The summed E-state index contributed by atoms with van der Waals surface area (Å²) in [6, 6.07) is 0.0227. The van der Waals surface area contributed by atoms with Gasteiger partial charge in [-0.1, -0.05) is 13.8 Å². The lowest BCUT2D eigenvalue weighted by Crippen LogP contribution is -2.51. The average Bonchev–Trinajstić information content (AvgIpc) is 2.39. The largest absolute Gasteiger partial charge is 0.396 e. The lowest BCUT2D eigenvalue weighted by atomic mass is 10.0. The molecule has 0 bridgehead atoms. The number of aliphatic hydroxyl groups is 1. The van der Waals surface area contributed by atoms with Gasteiger partial charge in [-0.25, -0.2) is 0 Å². The van der Waals surface area contributed by atoms with Crippen molar-refractivity contribution in [1.29, 1.82) is 0 Å². The highest BCUT2D eigenvalue weighted by Crippen LogP contribution is 2.22. The van der Waals surface area contributed by atoms with E-state index in [1.165, 1.54) is 4.31 Å². The summed E-state index contributed by atoms with van der Waals surface area (Å²) >= 11 is 0. The molecule has 6 heteroatoms. The standard InChI is InChI=1S/C12H26N2O3S/c1-4-11(3)14(5-2)18(16,17)13-8-6-7-12(9-13)10-15/h11-12,15H,4-10H2,1-3H3. The van der Waals surface area contributed by atoms with Gasteiger partial charge in [0.25, 0.3) is 10.2 Å². The van der Waals surface area contributed by atoms with Crippen LogP contribution in [0, 0.1) is 5.92 Å². The Kier molecular flexibility index (Phi) is 6.04. The molecule has 2 atom stereocenters. The van der Waals surface area contributed by atoms with E-state index in [1.807, 2.05) is 20.8 Å². The Morgan fingerprint density at radius 3 is 2.61 bits per heavy atom. The monoisotopic (exact) mass is 278 g/mol. The molecule has 18 heavy (non-hydrogen) atoms. The van der Waals surface area contributed by atoms with Gasteiger partial charge in [-0.3, -0.25) is 0 Å². The van der Waals surface area contributed by atoms with Crippen LogP contribution in [0.2, 0.25) is 0 Å². The van der Waals surface area contributed by atoms with Crippen molar-refractivity contribution in [3.63, 3.8) is 0 Å². The van der Waals surface area contributed by atoms with Gasteiger partial charge in [0.1, 0.15) is 0 Å². The molecule has 5 nitrogen and oxygen atoms in total. The molecule has 0 amide bonds. The van der Waals surface area contributed by atoms with Crippen LogP contribution in [-0.2, 0) is 10.2 Å². The summed E-state index contributed by atoms with van der Waals surface area (Å²) in [5.41, 5.74) is 0. The first kappa shape index (κ1) is 15.9. The molecule has 1 rings (SSSR count). The number of nitrogens with zero attached hydrogens (tertiary/aromatic N) is 2. The van der Waals surface area contributed by atoms with Gasteiger partial charge in [-0.05, 0) is 32.1 Å². The fraction of sp³-hybridized carbons (Fsp3) is 1.00. The molecule has 0 saturated carbocycles. The van der Waals surface area contributed by atoms with E-state index < -0.39 is 10.2 Å². The minimum atomic E-state index is -3.37. The van der Waals surface area contributed by atoms with Crippen LogP contribution in [0.15, 0.2) is 0 Å². The first-order chi connectivity index (χ1) is 8.47. The molecule has 1 fully saturated rings. The van der Waals surface area contributed by atoms with Gasteiger partial charge in [0.15, 0.2) is 0 Å². The Labute approximate surface area is 111 Å². The van der Waals surface area contributed by atoms with Crippen LogP contribution >= 0.6 is 0 Å². The number of aliphatic hydroxyl groups excluding tert-OH is 1. The van der Waals surface area contributed by atoms with Crippen molar-refractivity contribution in [2.45, 2.75) is 46.1 Å². The van der Waals surface area contributed by atoms with Crippen LogP contribution in [-0.4, -0.2) is 54.4 Å². The number of hydrogen-bond donors (Lipinski definition) is 1. The first-order valence-electron chi connectivity index (χ1n) is 6.85. The van der Waals surface area contributed by atoms with Crippen molar-refractivity contribution in [3.8, 4) is 0 Å². The Morgan fingerprint density at radius 1 is 1.44 bits per heavy atom. The molecule has 1 aliphatic rings. The fourth-order valence-corrected chi connectivity index (χ4v) is 4.43. The van der Waals surface area contributed by atoms with Gasteiger partial charge < -0.3 is 5.11 Å². The van der Waals surface area contributed by atoms with E-state index in [4.69, 9.17) is 0 Å². The minimum absolute atomic E-state index is 0.0227. The molecule has 1 aliphatic heterocycles. The third-order valence-corrected chi connectivity index (χ3v) is 5.95. The molecule has 1 saturated heterocycles. The summed E-state index contributed by atoms with van der Waals surface area (Å²) in [6.45, 7) is 7.40. The van der Waals surface area contributed by atoms with E-state index in [-0.39, 0.29) is 18.6 Å². The number of hydrogen-bond acceptors (Lipinski definition) is 3. The van der Waals surface area contributed by atoms with Gasteiger partial charge >= 0.3 is 0 Å². The molecule has 2 unspecified atom stereocenters. The molecule has 0 aromatic carbocycles. The van der Waals surface area contributed by atoms with Crippen LogP contribution < -0.4 is 0 Å². The van der Waals surface area contributed by atoms with Crippen molar-refractivity contribution >= 4 is 10.2 Å². The van der Waals surface area contributed by atoms with Crippen molar-refractivity contribution in [2.24, 2.45) is 5.92 Å². The SMILES string of the molecule is CCC(C)N(CC)S(=O)(=O)N1CCCC(CO)C1. The van der Waals surface area contributed by atoms with Gasteiger partial charge in [0.2, 0.25) is 0 Å². The second kappa shape index (κ2) is 6.84. The second-order valence-corrected chi connectivity index (χ2v) is 6.90. The van der Waals surface area contributed by atoms with Crippen LogP contribution in [0.3, 0.4) is 0 Å². The summed E-state index contributed by atoms with van der Waals surface area (Å²) in [7, 11) is -3.37. The van der Waals surface area contributed by atoms with Crippen molar-refractivity contribution < 1.29 is 13.5 Å². The molecule has 108 valence electrons. The van der Waals surface area contributed by atoms with Crippen LogP contribution in [0.5, 0.6) is 0 Å². The zero-order chi connectivity index (χ0) is 13.8. The normalized spacial score (nSPS) is 24.4. The Bertz CT molecular complexity index is 345. The molecule has 0 radical (unpaired) electrons. The lowest BCUT2D eigenvalue weighted by molar-refractivity contribution is 0.159. The molecular weight excluding hydrogens is 252 g/mol. The number of piperidine rings is 1. The summed E-state index contributed by atoms with van der Waals surface area (Å²) in [4.78, 5) is 0. The smallest absolute Gasteiger partial charge is 0.282 e. The van der Waals surface area contributed by atoms with E-state index in [2.05, 4.69) is 0 Å². The van der Waals surface area contributed by atoms with Crippen molar-refractivity contribution in [3.05, 3.63) is 0 Å². The minimum Gasteiger partial charge on any atom is -0.396 e. The maximum absolute atomic E-state index is 12.5. The predicted molar refractivity (Wildman–Crippen MR) is 72.4 cm³/mol.